The average molecular weight is 434 g/mol. The number of imidazole rings is 1. The molecule has 0 bridgehead atoms. The summed E-state index contributed by atoms with van der Waals surface area (Å²) in [5, 5.41) is 3.02. The van der Waals surface area contributed by atoms with Gasteiger partial charge in [0.25, 0.3) is 0 Å². The second kappa shape index (κ2) is 9.07. The number of para-hydroxylation sites is 2. The van der Waals surface area contributed by atoms with E-state index in [4.69, 9.17) is 0 Å². The number of anilines is 1. The van der Waals surface area contributed by atoms with Crippen molar-refractivity contribution in [3.8, 4) is 0 Å². The molecule has 0 spiro atoms. The number of carbonyl (C=O) groups is 2. The summed E-state index contributed by atoms with van der Waals surface area (Å²) in [5.74, 6) is -0.736. The number of nitrogens with zero attached hydrogens (tertiary/aromatic N) is 2. The maximum atomic E-state index is 13.2. The lowest BCUT2D eigenvalue weighted by atomic mass is 10.0. The molecule has 2 aromatic carbocycles. The third-order valence-corrected chi connectivity index (χ3v) is 4.72. The first kappa shape index (κ1) is 22.1. The van der Waals surface area contributed by atoms with Gasteiger partial charge in [0.15, 0.2) is 0 Å². The number of H-pyrrole nitrogens is 1. The van der Waals surface area contributed by atoms with E-state index in [-0.39, 0.29) is 18.5 Å². The van der Waals surface area contributed by atoms with Crippen molar-refractivity contribution < 1.29 is 27.5 Å². The van der Waals surface area contributed by atoms with Crippen LogP contribution in [-0.2, 0) is 20.5 Å². The highest BCUT2D eigenvalue weighted by molar-refractivity contribution is 5.83. The van der Waals surface area contributed by atoms with Crippen LogP contribution in [0.3, 0.4) is 0 Å². The zero-order chi connectivity index (χ0) is 22.6. The number of hydrogen-bond acceptors (Lipinski definition) is 5. The summed E-state index contributed by atoms with van der Waals surface area (Å²) in [6.07, 6.45) is -4.72. The Hall–Kier alpha value is -3.56. The maximum absolute atomic E-state index is 13.2. The number of hydrogen-bond donors (Lipinski definition) is 2. The third kappa shape index (κ3) is 5.53. The zero-order valence-corrected chi connectivity index (χ0v) is 16.9. The summed E-state index contributed by atoms with van der Waals surface area (Å²) in [5.41, 5.74) is 0.843. The smallest absolute Gasteiger partial charge is 0.416 e. The highest BCUT2D eigenvalue weighted by Crippen LogP contribution is 2.32. The fraction of sp³-hybridized carbons (Fsp3) is 0.286. The van der Waals surface area contributed by atoms with Crippen LogP contribution in [0.1, 0.15) is 23.6 Å². The van der Waals surface area contributed by atoms with Crippen LogP contribution in [0.4, 0.5) is 19.1 Å². The van der Waals surface area contributed by atoms with E-state index in [1.165, 1.54) is 26.3 Å². The molecule has 10 heteroatoms. The molecule has 2 N–H and O–H groups in total. The molecule has 3 rings (SSSR count). The number of alkyl halides is 3. The molecule has 0 aliphatic carbocycles. The summed E-state index contributed by atoms with van der Waals surface area (Å²) in [6, 6.07) is 11.1. The number of ether oxygens (including phenoxy) is 1. The highest BCUT2D eigenvalue weighted by atomic mass is 19.4. The number of nitrogens with one attached hydrogen (secondary N) is 2. The van der Waals surface area contributed by atoms with Crippen molar-refractivity contribution in [1.82, 2.24) is 14.9 Å². The first-order chi connectivity index (χ1) is 14.7. The molecular formula is C21H21F3N4O3. The van der Waals surface area contributed by atoms with Crippen molar-refractivity contribution >= 4 is 28.9 Å². The number of aromatic nitrogens is 2. The Balaban J connectivity index is 1.89. The van der Waals surface area contributed by atoms with Gasteiger partial charge in [-0.1, -0.05) is 24.3 Å². The summed E-state index contributed by atoms with van der Waals surface area (Å²) in [7, 11) is 2.62. The Morgan fingerprint density at radius 3 is 2.61 bits per heavy atom. The van der Waals surface area contributed by atoms with Gasteiger partial charge in [-0.05, 0) is 29.8 Å². The van der Waals surface area contributed by atoms with Gasteiger partial charge >= 0.3 is 12.1 Å². The minimum absolute atomic E-state index is 0.203. The standard InChI is InChI=1S/C21H21F3N4O3/c1-28(12-19(30)31-2)18(29)11-17(13-6-5-7-14(10-13)21(22,23)24)27-20-25-15-8-3-4-9-16(15)26-20/h3-10,17H,11-12H2,1-2H3,(H2,25,26,27)/t17-/m0/s1. The first-order valence-corrected chi connectivity index (χ1v) is 9.36. The Bertz CT molecular complexity index is 1050. The van der Waals surface area contributed by atoms with Gasteiger partial charge in [-0.15, -0.1) is 0 Å². The highest BCUT2D eigenvalue weighted by Gasteiger charge is 2.31. The SMILES string of the molecule is COC(=O)CN(C)C(=O)C[C@H](Nc1nc2ccccc2[nH]1)c1cccc(C(F)(F)F)c1. The van der Waals surface area contributed by atoms with Crippen LogP contribution in [0.2, 0.25) is 0 Å². The minimum atomic E-state index is -4.52. The monoisotopic (exact) mass is 434 g/mol. The molecule has 0 aliphatic heterocycles. The molecule has 0 saturated carbocycles. The molecule has 1 heterocycles. The van der Waals surface area contributed by atoms with Gasteiger partial charge in [0.1, 0.15) is 6.54 Å². The lowest BCUT2D eigenvalue weighted by Gasteiger charge is -2.23. The molecule has 7 nitrogen and oxygen atoms in total. The second-order valence-corrected chi connectivity index (χ2v) is 6.95. The molecule has 0 radical (unpaired) electrons. The minimum Gasteiger partial charge on any atom is -0.468 e. The van der Waals surface area contributed by atoms with Crippen LogP contribution in [0.5, 0.6) is 0 Å². The lowest BCUT2D eigenvalue weighted by molar-refractivity contribution is -0.146. The van der Waals surface area contributed by atoms with Crippen LogP contribution in [0, 0.1) is 0 Å². The molecule has 0 saturated heterocycles. The third-order valence-electron chi connectivity index (χ3n) is 4.72. The van der Waals surface area contributed by atoms with E-state index < -0.39 is 29.7 Å². The van der Waals surface area contributed by atoms with Crippen molar-refractivity contribution in [3.63, 3.8) is 0 Å². The Morgan fingerprint density at radius 2 is 1.94 bits per heavy atom. The number of rotatable bonds is 7. The van der Waals surface area contributed by atoms with Crippen LogP contribution in [0.15, 0.2) is 48.5 Å². The normalized spacial score (nSPS) is 12.4. The topological polar surface area (TPSA) is 87.3 Å². The van der Waals surface area contributed by atoms with Crippen molar-refractivity contribution in [2.24, 2.45) is 0 Å². The van der Waals surface area contributed by atoms with Crippen LogP contribution < -0.4 is 5.32 Å². The average Bonchev–Trinajstić information content (AvgIpc) is 3.15. The predicted molar refractivity (Wildman–Crippen MR) is 108 cm³/mol. The number of carbonyl (C=O) groups excluding carboxylic acids is 2. The van der Waals surface area contributed by atoms with Gasteiger partial charge < -0.3 is 19.9 Å². The van der Waals surface area contributed by atoms with Gasteiger partial charge in [-0.3, -0.25) is 9.59 Å². The number of benzene rings is 2. The number of halogens is 3. The van der Waals surface area contributed by atoms with E-state index in [0.29, 0.717) is 11.5 Å². The van der Waals surface area contributed by atoms with Gasteiger partial charge in [-0.2, -0.15) is 13.2 Å². The maximum Gasteiger partial charge on any atom is 0.416 e. The van der Waals surface area contributed by atoms with Crippen molar-refractivity contribution in [2.75, 3.05) is 26.0 Å². The summed E-state index contributed by atoms with van der Waals surface area (Å²) < 4.78 is 44.2. The van der Waals surface area contributed by atoms with Crippen LogP contribution in [0.25, 0.3) is 11.0 Å². The number of amides is 1. The number of aromatic amines is 1. The van der Waals surface area contributed by atoms with E-state index in [1.807, 2.05) is 18.2 Å². The van der Waals surface area contributed by atoms with Crippen molar-refractivity contribution in [1.29, 1.82) is 0 Å². The molecular weight excluding hydrogens is 413 g/mol. The molecule has 3 aromatic rings. The Kier molecular flexibility index (Phi) is 6.47. The van der Waals surface area contributed by atoms with E-state index in [2.05, 4.69) is 20.0 Å². The molecule has 31 heavy (non-hydrogen) atoms. The van der Waals surface area contributed by atoms with Crippen molar-refractivity contribution in [3.05, 3.63) is 59.7 Å². The summed E-state index contributed by atoms with van der Waals surface area (Å²) in [4.78, 5) is 32.7. The molecule has 1 atom stereocenters. The molecule has 1 amide bonds. The molecule has 0 fully saturated rings. The lowest BCUT2D eigenvalue weighted by Crippen LogP contribution is -2.34. The van der Waals surface area contributed by atoms with Crippen molar-refractivity contribution in [2.45, 2.75) is 18.6 Å². The zero-order valence-electron chi connectivity index (χ0n) is 16.9. The Labute approximate surface area is 176 Å². The van der Waals surface area contributed by atoms with E-state index in [0.717, 1.165) is 22.5 Å². The number of esters is 1. The molecule has 0 aliphatic rings. The van der Waals surface area contributed by atoms with Gasteiger partial charge in [-0.25, -0.2) is 4.98 Å². The number of likely N-dealkylation sites (N-methyl/N-ethyl adjacent to an activating group) is 1. The number of fused-ring (bicyclic) bond motifs is 1. The largest absolute Gasteiger partial charge is 0.468 e. The molecule has 164 valence electrons. The van der Waals surface area contributed by atoms with Crippen LogP contribution in [-0.4, -0.2) is 47.4 Å². The first-order valence-electron chi connectivity index (χ1n) is 9.36. The summed E-state index contributed by atoms with van der Waals surface area (Å²) >= 11 is 0. The van der Waals surface area contributed by atoms with E-state index >= 15 is 0 Å². The van der Waals surface area contributed by atoms with Crippen LogP contribution >= 0.6 is 0 Å². The fourth-order valence-electron chi connectivity index (χ4n) is 3.05. The predicted octanol–water partition coefficient (Wildman–Crippen LogP) is 3.76. The van der Waals surface area contributed by atoms with Gasteiger partial charge in [0.2, 0.25) is 11.9 Å². The number of methoxy groups -OCH3 is 1. The van der Waals surface area contributed by atoms with Gasteiger partial charge in [0, 0.05) is 7.05 Å². The molecule has 0 unspecified atom stereocenters. The quantitative estimate of drug-likeness (QED) is 0.553. The molecule has 1 aromatic heterocycles. The van der Waals surface area contributed by atoms with E-state index in [1.54, 1.807) is 6.07 Å². The second-order valence-electron chi connectivity index (χ2n) is 6.95. The fourth-order valence-corrected chi connectivity index (χ4v) is 3.05. The van der Waals surface area contributed by atoms with Gasteiger partial charge in [0.05, 0.1) is 36.2 Å². The van der Waals surface area contributed by atoms with E-state index in [9.17, 15) is 22.8 Å². The Morgan fingerprint density at radius 1 is 1.19 bits per heavy atom. The summed E-state index contributed by atoms with van der Waals surface area (Å²) in [6.45, 7) is -0.269.